The van der Waals surface area contributed by atoms with Crippen LogP contribution in [-0.4, -0.2) is 45.8 Å². The van der Waals surface area contributed by atoms with Crippen LogP contribution < -0.4 is 0 Å². The van der Waals surface area contributed by atoms with Crippen LogP contribution in [0.1, 0.15) is 42.2 Å². The molecule has 25 heavy (non-hydrogen) atoms. The van der Waals surface area contributed by atoms with Crippen LogP contribution >= 0.6 is 11.3 Å². The van der Waals surface area contributed by atoms with Gasteiger partial charge in [-0.25, -0.2) is 9.78 Å². The Balaban J connectivity index is 1.53. The first kappa shape index (κ1) is 16.7. The molecule has 1 saturated carbocycles. The number of aromatic nitrogens is 1. The molecule has 5 nitrogen and oxygen atoms in total. The van der Waals surface area contributed by atoms with Crippen LogP contribution in [0.4, 0.5) is 0 Å². The molecule has 0 amide bonds. The number of carboxylic acids is 1. The van der Waals surface area contributed by atoms with Crippen LogP contribution in [0.15, 0.2) is 29.6 Å². The van der Waals surface area contributed by atoms with Crippen molar-refractivity contribution in [2.45, 2.75) is 44.4 Å². The molecule has 1 aliphatic carbocycles. The summed E-state index contributed by atoms with van der Waals surface area (Å²) in [5, 5.41) is 12.1. The number of carboxylic acid groups (broad SMARTS) is 1. The van der Waals surface area contributed by atoms with E-state index < -0.39 is 5.97 Å². The lowest BCUT2D eigenvalue weighted by atomic mass is 9.75. The Morgan fingerprint density at radius 2 is 2.32 bits per heavy atom. The van der Waals surface area contributed by atoms with Crippen molar-refractivity contribution in [2.75, 3.05) is 13.2 Å². The van der Waals surface area contributed by atoms with Gasteiger partial charge >= 0.3 is 5.97 Å². The number of thiazole rings is 1. The van der Waals surface area contributed by atoms with Gasteiger partial charge in [-0.2, -0.15) is 0 Å². The maximum Gasteiger partial charge on any atom is 0.335 e. The van der Waals surface area contributed by atoms with Crippen LogP contribution in [0.5, 0.6) is 0 Å². The SMILES string of the molecule is CC1CN(Cc2csc(-c3cccc(C(=O)O)c3)n2)C2(CCC2)CO1. The summed E-state index contributed by atoms with van der Waals surface area (Å²) in [7, 11) is 0. The quantitative estimate of drug-likeness (QED) is 0.904. The number of hydrogen-bond acceptors (Lipinski definition) is 5. The first-order valence-corrected chi connectivity index (χ1v) is 9.58. The van der Waals surface area contributed by atoms with E-state index in [4.69, 9.17) is 14.8 Å². The van der Waals surface area contributed by atoms with Crippen molar-refractivity contribution in [3.05, 3.63) is 40.9 Å². The van der Waals surface area contributed by atoms with Crippen molar-refractivity contribution in [2.24, 2.45) is 0 Å². The number of hydrogen-bond donors (Lipinski definition) is 1. The molecule has 0 bridgehead atoms. The van der Waals surface area contributed by atoms with Crippen molar-refractivity contribution >= 4 is 17.3 Å². The number of ether oxygens (including phenoxy) is 1. The highest BCUT2D eigenvalue weighted by Crippen LogP contribution is 2.41. The van der Waals surface area contributed by atoms with Gasteiger partial charge in [0.05, 0.1) is 24.0 Å². The fourth-order valence-corrected chi connectivity index (χ4v) is 4.52. The molecule has 0 radical (unpaired) electrons. The Kier molecular flexibility index (Phi) is 4.35. The number of benzene rings is 1. The minimum absolute atomic E-state index is 0.208. The van der Waals surface area contributed by atoms with E-state index in [1.54, 1.807) is 29.5 Å². The van der Waals surface area contributed by atoms with Crippen LogP contribution in [0, 0.1) is 0 Å². The van der Waals surface area contributed by atoms with E-state index in [-0.39, 0.29) is 11.6 Å². The third-order valence-electron chi connectivity index (χ3n) is 5.33. The second kappa shape index (κ2) is 6.52. The topological polar surface area (TPSA) is 62.7 Å². The Hall–Kier alpha value is -1.76. The summed E-state index contributed by atoms with van der Waals surface area (Å²) < 4.78 is 5.90. The molecule has 4 rings (SSSR count). The summed E-state index contributed by atoms with van der Waals surface area (Å²) >= 11 is 1.58. The summed E-state index contributed by atoms with van der Waals surface area (Å²) in [6.45, 7) is 4.73. The van der Waals surface area contributed by atoms with Crippen LogP contribution in [-0.2, 0) is 11.3 Å². The molecule has 2 aliphatic rings. The maximum absolute atomic E-state index is 11.2. The second-order valence-corrected chi connectivity index (χ2v) is 7.97. The van der Waals surface area contributed by atoms with Gasteiger partial charge < -0.3 is 9.84 Å². The molecule has 6 heteroatoms. The van der Waals surface area contributed by atoms with E-state index in [0.29, 0.717) is 5.56 Å². The van der Waals surface area contributed by atoms with E-state index in [9.17, 15) is 4.79 Å². The third kappa shape index (κ3) is 3.21. The highest BCUT2D eigenvalue weighted by Gasteiger charge is 2.46. The van der Waals surface area contributed by atoms with Crippen molar-refractivity contribution in [3.8, 4) is 10.6 Å². The highest BCUT2D eigenvalue weighted by molar-refractivity contribution is 7.13. The zero-order valence-electron chi connectivity index (χ0n) is 14.3. The first-order chi connectivity index (χ1) is 12.1. The van der Waals surface area contributed by atoms with Gasteiger partial charge in [0.2, 0.25) is 0 Å². The van der Waals surface area contributed by atoms with Crippen molar-refractivity contribution < 1.29 is 14.6 Å². The van der Waals surface area contributed by atoms with E-state index >= 15 is 0 Å². The molecule has 1 spiro atoms. The van der Waals surface area contributed by atoms with Gasteiger partial charge in [0, 0.05) is 29.6 Å². The number of nitrogens with zero attached hydrogens (tertiary/aromatic N) is 2. The standard InChI is InChI=1S/C19H22N2O3S/c1-13-9-21(19(12-24-13)6-3-7-19)10-16-11-25-17(20-16)14-4-2-5-15(8-14)18(22)23/h2,4-5,8,11,13H,3,6-7,9-10,12H2,1H3,(H,22,23). The van der Waals surface area contributed by atoms with Gasteiger partial charge in [-0.3, -0.25) is 4.90 Å². The normalized spacial score (nSPS) is 22.7. The molecule has 2 aromatic rings. The van der Waals surface area contributed by atoms with E-state index in [2.05, 4.69) is 17.2 Å². The molecule has 2 fully saturated rings. The number of aromatic carboxylic acids is 1. The third-order valence-corrected chi connectivity index (χ3v) is 6.27. The summed E-state index contributed by atoms with van der Waals surface area (Å²) in [6, 6.07) is 6.98. The monoisotopic (exact) mass is 358 g/mol. The lowest BCUT2D eigenvalue weighted by Crippen LogP contribution is -2.62. The fourth-order valence-electron chi connectivity index (χ4n) is 3.72. The summed E-state index contributed by atoms with van der Waals surface area (Å²) in [4.78, 5) is 18.5. The zero-order chi connectivity index (χ0) is 17.4. The smallest absolute Gasteiger partial charge is 0.335 e. The summed E-state index contributed by atoms with van der Waals surface area (Å²) in [5.41, 5.74) is 2.43. The molecule has 1 aromatic carbocycles. The largest absolute Gasteiger partial charge is 0.478 e. The van der Waals surface area contributed by atoms with E-state index in [1.807, 2.05) is 6.07 Å². The van der Waals surface area contributed by atoms with E-state index in [0.717, 1.165) is 36.0 Å². The maximum atomic E-state index is 11.2. The van der Waals surface area contributed by atoms with Crippen LogP contribution in [0.25, 0.3) is 10.6 Å². The van der Waals surface area contributed by atoms with Crippen molar-refractivity contribution in [3.63, 3.8) is 0 Å². The predicted molar refractivity (Wildman–Crippen MR) is 96.9 cm³/mol. The van der Waals surface area contributed by atoms with Crippen LogP contribution in [0.3, 0.4) is 0 Å². The molecule has 132 valence electrons. The van der Waals surface area contributed by atoms with Gasteiger partial charge in [0.15, 0.2) is 0 Å². The Morgan fingerprint density at radius 1 is 1.48 bits per heavy atom. The summed E-state index contributed by atoms with van der Waals surface area (Å²) in [6.07, 6.45) is 3.95. The Labute approximate surface area is 151 Å². The Bertz CT molecular complexity index is 784. The number of rotatable bonds is 4. The molecule has 1 unspecified atom stereocenters. The number of carbonyl (C=O) groups is 1. The average Bonchev–Trinajstić information content (AvgIpc) is 3.02. The van der Waals surface area contributed by atoms with Crippen LogP contribution in [0.2, 0.25) is 0 Å². The Morgan fingerprint density at radius 3 is 3.04 bits per heavy atom. The predicted octanol–water partition coefficient (Wildman–Crippen LogP) is 3.65. The van der Waals surface area contributed by atoms with Gasteiger partial charge in [0.25, 0.3) is 0 Å². The second-order valence-electron chi connectivity index (χ2n) is 7.11. The molecule has 1 atom stereocenters. The first-order valence-electron chi connectivity index (χ1n) is 8.71. The lowest BCUT2D eigenvalue weighted by molar-refractivity contribution is -0.141. The summed E-state index contributed by atoms with van der Waals surface area (Å²) in [5.74, 6) is -0.909. The average molecular weight is 358 g/mol. The highest BCUT2D eigenvalue weighted by atomic mass is 32.1. The zero-order valence-corrected chi connectivity index (χ0v) is 15.1. The molecule has 1 N–H and O–H groups in total. The van der Waals surface area contributed by atoms with Gasteiger partial charge in [-0.1, -0.05) is 12.1 Å². The molecular formula is C19H22N2O3S. The minimum atomic E-state index is -0.909. The molecule has 1 saturated heterocycles. The molecule has 1 aromatic heterocycles. The molecule has 2 heterocycles. The molecule has 1 aliphatic heterocycles. The van der Waals surface area contributed by atoms with Crippen molar-refractivity contribution in [1.82, 2.24) is 9.88 Å². The van der Waals surface area contributed by atoms with Gasteiger partial charge in [0.1, 0.15) is 5.01 Å². The van der Waals surface area contributed by atoms with Gasteiger partial charge in [-0.05, 0) is 38.3 Å². The number of morpholine rings is 1. The fraction of sp³-hybridized carbons (Fsp3) is 0.474. The molecular weight excluding hydrogens is 336 g/mol. The van der Waals surface area contributed by atoms with Gasteiger partial charge in [-0.15, -0.1) is 11.3 Å². The minimum Gasteiger partial charge on any atom is -0.478 e. The van der Waals surface area contributed by atoms with Crippen molar-refractivity contribution in [1.29, 1.82) is 0 Å². The lowest BCUT2D eigenvalue weighted by Gasteiger charge is -2.54. The van der Waals surface area contributed by atoms with E-state index in [1.165, 1.54) is 19.3 Å².